The van der Waals surface area contributed by atoms with E-state index in [2.05, 4.69) is 25.6 Å². The molecule has 1 atom stereocenters. The number of nitrogens with one attached hydrogen (secondary N) is 2. The molecule has 2 rings (SSSR count). The average Bonchev–Trinajstić information content (AvgIpc) is 2.51. The number of anilines is 2. The second-order valence-electron chi connectivity index (χ2n) is 6.31. The van der Waals surface area contributed by atoms with Crippen molar-refractivity contribution in [1.82, 2.24) is 20.3 Å². The van der Waals surface area contributed by atoms with E-state index >= 15 is 0 Å². The summed E-state index contributed by atoms with van der Waals surface area (Å²) >= 11 is 0. The van der Waals surface area contributed by atoms with E-state index in [0.717, 1.165) is 12.8 Å². The molecule has 0 amide bonds. The number of pyridine rings is 1. The first kappa shape index (κ1) is 19.2. The van der Waals surface area contributed by atoms with E-state index in [1.165, 1.54) is 0 Å². The Bertz CT molecular complexity index is 706. The molecule has 2 aromatic heterocycles. The number of hydrogen-bond donors (Lipinski definition) is 3. The number of aromatic nitrogens is 3. The van der Waals surface area contributed by atoms with Gasteiger partial charge in [0.25, 0.3) is 0 Å². The summed E-state index contributed by atoms with van der Waals surface area (Å²) in [6, 6.07) is 3.50. The molecule has 0 radical (unpaired) electrons. The monoisotopic (exact) mass is 356 g/mol. The summed E-state index contributed by atoms with van der Waals surface area (Å²) < 4.78 is 37.3. The van der Waals surface area contributed by atoms with Crippen molar-refractivity contribution in [2.45, 2.75) is 44.8 Å². The fraction of sp³-hybridized carbons (Fsp3) is 0.562. The smallest absolute Gasteiger partial charge is 0.368 e. The first-order valence-electron chi connectivity index (χ1n) is 8.16. The summed E-state index contributed by atoms with van der Waals surface area (Å²) in [5, 5.41) is 5.71. The number of nitrogens with two attached hydrogens (primary N) is 1. The summed E-state index contributed by atoms with van der Waals surface area (Å²) in [6.45, 7) is 2.98. The molecule has 6 nitrogen and oxygen atoms in total. The molecule has 0 aliphatic heterocycles. The van der Waals surface area contributed by atoms with Crippen molar-refractivity contribution in [3.63, 3.8) is 0 Å². The molecule has 0 spiro atoms. The van der Waals surface area contributed by atoms with Gasteiger partial charge in [0.05, 0.1) is 12.1 Å². The summed E-state index contributed by atoms with van der Waals surface area (Å²) in [4.78, 5) is 12.6. The quantitative estimate of drug-likeness (QED) is 0.673. The third-order valence-corrected chi connectivity index (χ3v) is 3.81. The van der Waals surface area contributed by atoms with Gasteiger partial charge in [-0.15, -0.1) is 0 Å². The van der Waals surface area contributed by atoms with Gasteiger partial charge in [0.15, 0.2) is 5.82 Å². The molecular formula is C16H23F3N6. The van der Waals surface area contributed by atoms with Crippen LogP contribution in [0.15, 0.2) is 18.3 Å². The van der Waals surface area contributed by atoms with E-state index < -0.39 is 18.3 Å². The molecule has 25 heavy (non-hydrogen) atoms. The van der Waals surface area contributed by atoms with Crippen LogP contribution in [0.5, 0.6) is 0 Å². The van der Waals surface area contributed by atoms with Gasteiger partial charge in [0, 0.05) is 18.3 Å². The highest BCUT2D eigenvalue weighted by molar-refractivity contribution is 5.86. The Morgan fingerprint density at radius 1 is 1.20 bits per heavy atom. The largest absolute Gasteiger partial charge is 0.401 e. The van der Waals surface area contributed by atoms with Crippen LogP contribution in [-0.2, 0) is 0 Å². The molecule has 1 unspecified atom stereocenters. The van der Waals surface area contributed by atoms with Crippen LogP contribution in [0.1, 0.15) is 33.1 Å². The predicted octanol–water partition coefficient (Wildman–Crippen LogP) is 3.12. The van der Waals surface area contributed by atoms with E-state index in [4.69, 9.17) is 5.73 Å². The highest BCUT2D eigenvalue weighted by atomic mass is 19.4. The molecule has 0 aromatic carbocycles. The maximum atomic E-state index is 12.4. The third kappa shape index (κ3) is 5.70. The van der Waals surface area contributed by atoms with Crippen LogP contribution >= 0.6 is 0 Å². The van der Waals surface area contributed by atoms with Gasteiger partial charge in [-0.1, -0.05) is 19.8 Å². The van der Waals surface area contributed by atoms with Gasteiger partial charge in [0.2, 0.25) is 5.95 Å². The lowest BCUT2D eigenvalue weighted by Gasteiger charge is -2.32. The van der Waals surface area contributed by atoms with Crippen molar-refractivity contribution >= 4 is 22.8 Å². The zero-order chi connectivity index (χ0) is 18.5. The maximum absolute atomic E-state index is 12.4. The Hall–Kier alpha value is -2.16. The van der Waals surface area contributed by atoms with Crippen molar-refractivity contribution in [1.29, 1.82) is 0 Å². The Morgan fingerprint density at radius 3 is 2.64 bits per heavy atom. The molecule has 0 aliphatic rings. The minimum Gasteiger partial charge on any atom is -0.368 e. The second kappa shape index (κ2) is 7.81. The van der Waals surface area contributed by atoms with Crippen LogP contribution in [0.2, 0.25) is 0 Å². The first-order valence-corrected chi connectivity index (χ1v) is 8.16. The minimum absolute atomic E-state index is 0.0871. The Kier molecular flexibility index (Phi) is 5.99. The van der Waals surface area contributed by atoms with E-state index in [9.17, 15) is 13.2 Å². The Labute approximate surface area is 144 Å². The molecule has 0 fully saturated rings. The van der Waals surface area contributed by atoms with Crippen molar-refractivity contribution < 1.29 is 13.2 Å². The van der Waals surface area contributed by atoms with E-state index in [0.29, 0.717) is 23.3 Å². The summed E-state index contributed by atoms with van der Waals surface area (Å²) in [7, 11) is 0. The standard InChI is InChI=1S/C16H23F3N6/c1-3-4-7-15(2,9-21-10-16(17,18)19)25-13-12-11(6-5-8-22-12)23-14(20)24-13/h5-6,8,21H,3-4,7,9-10H2,1-2H3,(H3,20,23,24,25). The number of alkyl halides is 3. The number of unbranched alkanes of at least 4 members (excludes halogenated alkanes) is 1. The molecular weight excluding hydrogens is 333 g/mol. The van der Waals surface area contributed by atoms with Crippen molar-refractivity contribution in [3.8, 4) is 0 Å². The lowest BCUT2D eigenvalue weighted by Crippen LogP contribution is -2.47. The number of fused-ring (bicyclic) bond motifs is 1. The molecule has 0 saturated heterocycles. The van der Waals surface area contributed by atoms with Gasteiger partial charge < -0.3 is 16.4 Å². The van der Waals surface area contributed by atoms with Crippen LogP contribution in [0.25, 0.3) is 11.0 Å². The highest BCUT2D eigenvalue weighted by Crippen LogP contribution is 2.25. The van der Waals surface area contributed by atoms with Crippen LogP contribution in [0, 0.1) is 0 Å². The number of halogens is 3. The zero-order valence-corrected chi connectivity index (χ0v) is 14.3. The van der Waals surface area contributed by atoms with Gasteiger partial charge in [-0.3, -0.25) is 4.98 Å². The molecule has 138 valence electrons. The fourth-order valence-electron chi connectivity index (χ4n) is 2.60. The first-order chi connectivity index (χ1) is 11.7. The summed E-state index contributed by atoms with van der Waals surface area (Å²) in [6.07, 6.45) is -0.172. The molecule has 2 heterocycles. The lowest BCUT2D eigenvalue weighted by atomic mass is 9.94. The number of nitrogen functional groups attached to an aromatic ring is 1. The molecule has 0 saturated carbocycles. The van der Waals surface area contributed by atoms with Crippen molar-refractivity contribution in [2.75, 3.05) is 24.1 Å². The van der Waals surface area contributed by atoms with Gasteiger partial charge in [-0.25, -0.2) is 4.98 Å². The topological polar surface area (TPSA) is 88.8 Å². The average molecular weight is 356 g/mol. The van der Waals surface area contributed by atoms with Gasteiger partial charge in [0.1, 0.15) is 5.52 Å². The van der Waals surface area contributed by atoms with Gasteiger partial charge in [-0.2, -0.15) is 18.2 Å². The Balaban J connectivity index is 2.24. The van der Waals surface area contributed by atoms with Crippen molar-refractivity contribution in [2.24, 2.45) is 0 Å². The van der Waals surface area contributed by atoms with Crippen LogP contribution in [-0.4, -0.2) is 39.8 Å². The van der Waals surface area contributed by atoms with Crippen LogP contribution in [0.3, 0.4) is 0 Å². The SMILES string of the molecule is CCCCC(C)(CNCC(F)(F)F)Nc1nc(N)nc2cccnc12. The predicted molar refractivity (Wildman–Crippen MR) is 92.2 cm³/mol. The summed E-state index contributed by atoms with van der Waals surface area (Å²) in [5.74, 6) is 0.514. The van der Waals surface area contributed by atoms with Gasteiger partial charge >= 0.3 is 6.18 Å². The lowest BCUT2D eigenvalue weighted by molar-refractivity contribution is -0.125. The third-order valence-electron chi connectivity index (χ3n) is 3.81. The molecule has 0 bridgehead atoms. The van der Waals surface area contributed by atoms with Gasteiger partial charge in [-0.05, 0) is 25.5 Å². The van der Waals surface area contributed by atoms with E-state index in [-0.39, 0.29) is 12.5 Å². The minimum atomic E-state index is -4.25. The zero-order valence-electron chi connectivity index (χ0n) is 14.3. The van der Waals surface area contributed by atoms with Crippen LogP contribution in [0.4, 0.5) is 24.9 Å². The Morgan fingerprint density at radius 2 is 1.96 bits per heavy atom. The normalized spacial score (nSPS) is 14.4. The molecule has 9 heteroatoms. The second-order valence-corrected chi connectivity index (χ2v) is 6.31. The number of hydrogen-bond acceptors (Lipinski definition) is 6. The number of nitrogens with zero attached hydrogens (tertiary/aromatic N) is 3. The van der Waals surface area contributed by atoms with E-state index in [1.807, 2.05) is 13.8 Å². The molecule has 0 aliphatic carbocycles. The highest BCUT2D eigenvalue weighted by Gasteiger charge is 2.30. The van der Waals surface area contributed by atoms with Crippen molar-refractivity contribution in [3.05, 3.63) is 18.3 Å². The van der Waals surface area contributed by atoms with Crippen LogP contribution < -0.4 is 16.4 Å². The summed E-state index contributed by atoms with van der Waals surface area (Å²) in [5.41, 5.74) is 6.23. The molecule has 4 N–H and O–H groups in total. The maximum Gasteiger partial charge on any atom is 0.401 e. The number of rotatable bonds is 8. The molecule has 2 aromatic rings. The fourth-order valence-corrected chi connectivity index (χ4v) is 2.60. The van der Waals surface area contributed by atoms with E-state index in [1.54, 1.807) is 18.3 Å².